The molecule has 1 amide bonds. The van der Waals surface area contributed by atoms with Gasteiger partial charge in [-0.15, -0.1) is 0 Å². The molecule has 1 unspecified atom stereocenters. The van der Waals surface area contributed by atoms with Crippen LogP contribution in [0, 0.1) is 0 Å². The van der Waals surface area contributed by atoms with Crippen LogP contribution >= 0.6 is 23.2 Å². The molecule has 1 aliphatic rings. The second kappa shape index (κ2) is 7.88. The van der Waals surface area contributed by atoms with Gasteiger partial charge in [-0.2, -0.15) is 0 Å². The van der Waals surface area contributed by atoms with E-state index in [1.165, 1.54) is 0 Å². The Hall–Kier alpha value is -1.75. The average molecular weight is 366 g/mol. The van der Waals surface area contributed by atoms with Gasteiger partial charge < -0.3 is 14.8 Å². The first-order chi connectivity index (χ1) is 11.6. The van der Waals surface area contributed by atoms with Crippen molar-refractivity contribution in [3.05, 3.63) is 58.1 Å². The number of carbonyl (C=O) groups excluding carboxylic acids is 1. The lowest BCUT2D eigenvalue weighted by atomic mass is 10.2. The van der Waals surface area contributed by atoms with Gasteiger partial charge in [0.1, 0.15) is 12.4 Å². The van der Waals surface area contributed by atoms with E-state index in [0.29, 0.717) is 27.9 Å². The first kappa shape index (κ1) is 17.1. The monoisotopic (exact) mass is 365 g/mol. The largest absolute Gasteiger partial charge is 0.491 e. The van der Waals surface area contributed by atoms with Crippen LogP contribution in [-0.4, -0.2) is 25.2 Å². The maximum absolute atomic E-state index is 12.2. The van der Waals surface area contributed by atoms with E-state index in [4.69, 9.17) is 32.7 Å². The fourth-order valence-corrected chi connectivity index (χ4v) is 3.01. The molecule has 4 nitrogen and oxygen atoms in total. The van der Waals surface area contributed by atoms with Crippen LogP contribution in [0.3, 0.4) is 0 Å². The maximum Gasteiger partial charge on any atom is 0.255 e. The summed E-state index contributed by atoms with van der Waals surface area (Å²) in [6.07, 6.45) is 2.31. The molecule has 1 aliphatic heterocycles. The zero-order chi connectivity index (χ0) is 16.9. The Morgan fingerprint density at radius 3 is 2.50 bits per heavy atom. The lowest BCUT2D eigenvalue weighted by Gasteiger charge is -2.12. The minimum Gasteiger partial charge on any atom is -0.491 e. The molecular weight excluding hydrogens is 349 g/mol. The molecule has 2 aromatic carbocycles. The number of anilines is 1. The van der Waals surface area contributed by atoms with Crippen LogP contribution in [0.5, 0.6) is 5.75 Å². The predicted molar refractivity (Wildman–Crippen MR) is 95.3 cm³/mol. The van der Waals surface area contributed by atoms with E-state index in [-0.39, 0.29) is 12.0 Å². The highest BCUT2D eigenvalue weighted by Crippen LogP contribution is 2.21. The molecule has 24 heavy (non-hydrogen) atoms. The summed E-state index contributed by atoms with van der Waals surface area (Å²) >= 11 is 11.8. The van der Waals surface area contributed by atoms with Crippen molar-refractivity contribution < 1.29 is 14.3 Å². The first-order valence-electron chi connectivity index (χ1n) is 7.72. The zero-order valence-electron chi connectivity index (χ0n) is 12.9. The molecule has 1 atom stereocenters. The molecule has 0 bridgehead atoms. The molecule has 2 aromatic rings. The van der Waals surface area contributed by atoms with E-state index in [9.17, 15) is 4.79 Å². The van der Waals surface area contributed by atoms with Crippen molar-refractivity contribution in [2.75, 3.05) is 18.5 Å². The second-order valence-corrected chi connectivity index (χ2v) is 6.46. The third kappa shape index (κ3) is 4.63. The number of ether oxygens (including phenoxy) is 2. The molecular formula is C18H17Cl2NO3. The van der Waals surface area contributed by atoms with Gasteiger partial charge in [-0.25, -0.2) is 0 Å². The third-order valence-corrected chi connectivity index (χ3v) is 4.13. The topological polar surface area (TPSA) is 47.6 Å². The highest BCUT2D eigenvalue weighted by molar-refractivity contribution is 6.35. The Balaban J connectivity index is 1.57. The minimum absolute atomic E-state index is 0.178. The quantitative estimate of drug-likeness (QED) is 0.827. The summed E-state index contributed by atoms with van der Waals surface area (Å²) < 4.78 is 11.2. The molecule has 0 spiro atoms. The van der Waals surface area contributed by atoms with Crippen molar-refractivity contribution in [1.82, 2.24) is 0 Å². The van der Waals surface area contributed by atoms with Crippen LogP contribution in [0.4, 0.5) is 5.69 Å². The molecule has 3 rings (SSSR count). The lowest BCUT2D eigenvalue weighted by Crippen LogP contribution is -2.16. The highest BCUT2D eigenvalue weighted by atomic mass is 35.5. The van der Waals surface area contributed by atoms with E-state index in [2.05, 4.69) is 5.32 Å². The molecule has 0 aliphatic carbocycles. The number of rotatable bonds is 5. The normalized spacial score (nSPS) is 16.8. The molecule has 1 heterocycles. The maximum atomic E-state index is 12.2. The number of nitrogens with one attached hydrogen (secondary N) is 1. The van der Waals surface area contributed by atoms with Gasteiger partial charge in [0.2, 0.25) is 0 Å². The lowest BCUT2D eigenvalue weighted by molar-refractivity contribution is 0.0679. The van der Waals surface area contributed by atoms with Crippen LogP contribution in [0.25, 0.3) is 0 Å². The highest BCUT2D eigenvalue weighted by Gasteiger charge is 2.16. The fourth-order valence-electron chi connectivity index (χ4n) is 2.49. The third-order valence-electron chi connectivity index (χ3n) is 3.70. The van der Waals surface area contributed by atoms with Crippen LogP contribution in [0.15, 0.2) is 42.5 Å². The van der Waals surface area contributed by atoms with Crippen molar-refractivity contribution in [2.45, 2.75) is 18.9 Å². The minimum atomic E-state index is -0.271. The van der Waals surface area contributed by atoms with Crippen LogP contribution in [-0.2, 0) is 4.74 Å². The SMILES string of the molecule is O=C(Nc1ccc(OCC2CCCO2)cc1)c1cc(Cl)cc(Cl)c1. The van der Waals surface area contributed by atoms with E-state index < -0.39 is 0 Å². The van der Waals surface area contributed by atoms with Crippen molar-refractivity contribution in [2.24, 2.45) is 0 Å². The standard InChI is InChI=1S/C18H17Cl2NO3/c19-13-8-12(9-14(20)10-13)18(22)21-15-3-5-16(6-4-15)24-11-17-2-1-7-23-17/h3-6,8-10,17H,1-2,7,11H2,(H,21,22). The van der Waals surface area contributed by atoms with Crippen molar-refractivity contribution in [3.8, 4) is 5.75 Å². The van der Waals surface area contributed by atoms with Crippen molar-refractivity contribution in [3.63, 3.8) is 0 Å². The van der Waals surface area contributed by atoms with Crippen molar-refractivity contribution >= 4 is 34.8 Å². The van der Waals surface area contributed by atoms with E-state index in [0.717, 1.165) is 25.2 Å². The second-order valence-electron chi connectivity index (χ2n) is 5.58. The molecule has 126 valence electrons. The van der Waals surface area contributed by atoms with E-state index >= 15 is 0 Å². The summed E-state index contributed by atoms with van der Waals surface area (Å²) in [5.41, 5.74) is 1.08. The summed E-state index contributed by atoms with van der Waals surface area (Å²) in [4.78, 5) is 12.2. The van der Waals surface area contributed by atoms with Gasteiger partial charge in [0.05, 0.1) is 6.10 Å². The number of halogens is 2. The fraction of sp³-hybridized carbons (Fsp3) is 0.278. The predicted octanol–water partition coefficient (Wildman–Crippen LogP) is 4.80. The summed E-state index contributed by atoms with van der Waals surface area (Å²) in [5.74, 6) is 0.474. The molecule has 6 heteroatoms. The summed E-state index contributed by atoms with van der Waals surface area (Å²) in [6, 6.07) is 11.9. The van der Waals surface area contributed by atoms with Crippen LogP contribution in [0.1, 0.15) is 23.2 Å². The Bertz CT molecular complexity index is 692. The molecule has 0 radical (unpaired) electrons. The average Bonchev–Trinajstić information content (AvgIpc) is 3.07. The number of hydrogen-bond donors (Lipinski definition) is 1. The Labute approximate surface area is 150 Å². The number of carbonyl (C=O) groups is 1. The van der Waals surface area contributed by atoms with Gasteiger partial charge in [0.15, 0.2) is 0 Å². The Morgan fingerprint density at radius 1 is 1.17 bits per heavy atom. The molecule has 0 aromatic heterocycles. The smallest absolute Gasteiger partial charge is 0.255 e. The molecule has 1 saturated heterocycles. The molecule has 1 N–H and O–H groups in total. The Morgan fingerprint density at radius 2 is 1.88 bits per heavy atom. The van der Waals surface area contributed by atoms with Crippen molar-refractivity contribution in [1.29, 1.82) is 0 Å². The zero-order valence-corrected chi connectivity index (χ0v) is 14.4. The summed E-state index contributed by atoms with van der Waals surface area (Å²) in [6.45, 7) is 1.36. The van der Waals surface area contributed by atoms with Crippen LogP contribution in [0.2, 0.25) is 10.0 Å². The first-order valence-corrected chi connectivity index (χ1v) is 8.48. The van der Waals surface area contributed by atoms with Gasteiger partial charge in [-0.3, -0.25) is 4.79 Å². The van der Waals surface area contributed by atoms with Gasteiger partial charge in [-0.05, 0) is 55.3 Å². The van der Waals surface area contributed by atoms with Crippen LogP contribution < -0.4 is 10.1 Å². The van der Waals surface area contributed by atoms with Gasteiger partial charge in [0, 0.05) is 27.9 Å². The van der Waals surface area contributed by atoms with Gasteiger partial charge >= 0.3 is 0 Å². The molecule has 0 saturated carbocycles. The van der Waals surface area contributed by atoms with E-state index in [1.807, 2.05) is 12.1 Å². The van der Waals surface area contributed by atoms with Gasteiger partial charge in [-0.1, -0.05) is 23.2 Å². The number of amides is 1. The summed E-state index contributed by atoms with van der Waals surface area (Å²) in [7, 11) is 0. The number of hydrogen-bond acceptors (Lipinski definition) is 3. The summed E-state index contributed by atoms with van der Waals surface area (Å²) in [5, 5.41) is 3.64. The van der Waals surface area contributed by atoms with Gasteiger partial charge in [0.25, 0.3) is 5.91 Å². The Kier molecular flexibility index (Phi) is 5.61. The number of benzene rings is 2. The van der Waals surface area contributed by atoms with E-state index in [1.54, 1.807) is 30.3 Å². The molecule has 1 fully saturated rings.